The van der Waals surface area contributed by atoms with Crippen molar-refractivity contribution in [2.75, 3.05) is 31.2 Å². The van der Waals surface area contributed by atoms with Gasteiger partial charge < -0.3 is 15.0 Å². The Bertz CT molecular complexity index is 1200. The first kappa shape index (κ1) is 21.9. The van der Waals surface area contributed by atoms with Crippen molar-refractivity contribution in [1.29, 1.82) is 0 Å². The smallest absolute Gasteiger partial charge is 0.251 e. The van der Waals surface area contributed by atoms with Crippen LogP contribution in [0.25, 0.3) is 10.2 Å². The molecule has 5 rings (SSSR count). The lowest BCUT2D eigenvalue weighted by molar-refractivity contribution is 0.0951. The summed E-state index contributed by atoms with van der Waals surface area (Å²) in [6.07, 6.45) is 1.80. The molecule has 6 nitrogen and oxygen atoms in total. The number of morpholine rings is 1. The van der Waals surface area contributed by atoms with Gasteiger partial charge in [0.15, 0.2) is 4.34 Å². The summed E-state index contributed by atoms with van der Waals surface area (Å²) >= 11 is 3.44. The van der Waals surface area contributed by atoms with Crippen LogP contribution in [0.4, 0.5) is 5.82 Å². The Hall–Kier alpha value is -2.94. The molecule has 1 aliphatic rings. The molecule has 0 saturated carbocycles. The summed E-state index contributed by atoms with van der Waals surface area (Å²) in [7, 11) is 0. The van der Waals surface area contributed by atoms with Crippen LogP contribution in [-0.4, -0.2) is 42.2 Å². The van der Waals surface area contributed by atoms with Crippen molar-refractivity contribution in [3.05, 3.63) is 83.6 Å². The van der Waals surface area contributed by atoms with E-state index >= 15 is 0 Å². The summed E-state index contributed by atoms with van der Waals surface area (Å²) in [5.74, 6) is 1.67. The summed E-state index contributed by atoms with van der Waals surface area (Å²) in [5.41, 5.74) is 3.90. The summed E-state index contributed by atoms with van der Waals surface area (Å²) in [5, 5.41) is 3.01. The lowest BCUT2D eigenvalue weighted by atomic mass is 10.1. The molecule has 8 heteroatoms. The first-order valence-corrected chi connectivity index (χ1v) is 12.7. The third-order valence-electron chi connectivity index (χ3n) is 5.45. The Morgan fingerprint density at radius 3 is 2.70 bits per heavy atom. The minimum atomic E-state index is -0.0786. The molecule has 2 aromatic heterocycles. The van der Waals surface area contributed by atoms with E-state index < -0.39 is 0 Å². The van der Waals surface area contributed by atoms with E-state index in [1.807, 2.05) is 54.6 Å². The predicted molar refractivity (Wildman–Crippen MR) is 134 cm³/mol. The maximum absolute atomic E-state index is 12.6. The van der Waals surface area contributed by atoms with E-state index in [-0.39, 0.29) is 5.91 Å². The second kappa shape index (κ2) is 10.3. The summed E-state index contributed by atoms with van der Waals surface area (Å²) in [6, 6.07) is 20.0. The fourth-order valence-corrected chi connectivity index (χ4v) is 5.65. The summed E-state index contributed by atoms with van der Waals surface area (Å²) in [6.45, 7) is 3.59. The zero-order valence-corrected chi connectivity index (χ0v) is 19.7. The van der Waals surface area contributed by atoms with Gasteiger partial charge in [0, 0.05) is 37.1 Å². The highest BCUT2D eigenvalue weighted by Gasteiger charge is 2.13. The number of para-hydroxylation sites is 1. The first-order chi connectivity index (χ1) is 16.2. The molecule has 1 N–H and O–H groups in total. The number of fused-ring (bicyclic) bond motifs is 1. The van der Waals surface area contributed by atoms with Crippen LogP contribution < -0.4 is 10.2 Å². The number of carbonyl (C=O) groups is 1. The minimum absolute atomic E-state index is 0.0786. The van der Waals surface area contributed by atoms with Crippen molar-refractivity contribution in [2.24, 2.45) is 0 Å². The first-order valence-electron chi connectivity index (χ1n) is 10.9. The van der Waals surface area contributed by atoms with E-state index in [1.54, 1.807) is 29.3 Å². The van der Waals surface area contributed by atoms with Crippen molar-refractivity contribution in [2.45, 2.75) is 16.6 Å². The molecule has 0 spiro atoms. The molecule has 0 unspecified atom stereocenters. The Labute approximate surface area is 201 Å². The van der Waals surface area contributed by atoms with E-state index in [0.29, 0.717) is 12.1 Å². The molecule has 168 valence electrons. The lowest BCUT2D eigenvalue weighted by Gasteiger charge is -2.28. The molecule has 0 aliphatic carbocycles. The fraction of sp³-hybridized carbons (Fsp3) is 0.240. The molecular formula is C25H24N4O2S2. The van der Waals surface area contributed by atoms with Crippen LogP contribution in [0.5, 0.6) is 0 Å². The van der Waals surface area contributed by atoms with Gasteiger partial charge in [-0.1, -0.05) is 36.0 Å². The number of ether oxygens (including phenoxy) is 1. The second-order valence-electron chi connectivity index (χ2n) is 7.74. The minimum Gasteiger partial charge on any atom is -0.378 e. The maximum Gasteiger partial charge on any atom is 0.251 e. The van der Waals surface area contributed by atoms with Crippen molar-refractivity contribution in [3.63, 3.8) is 0 Å². The van der Waals surface area contributed by atoms with E-state index in [2.05, 4.69) is 26.3 Å². The van der Waals surface area contributed by atoms with Crippen LogP contribution >= 0.6 is 23.1 Å². The second-order valence-corrected chi connectivity index (χ2v) is 9.99. The third-order valence-corrected chi connectivity index (χ3v) is 7.70. The number of carbonyl (C=O) groups excluding carboxylic acids is 1. The lowest BCUT2D eigenvalue weighted by Crippen LogP contribution is -2.36. The van der Waals surface area contributed by atoms with Gasteiger partial charge in [0.2, 0.25) is 0 Å². The number of rotatable bonds is 7. The van der Waals surface area contributed by atoms with Crippen molar-refractivity contribution < 1.29 is 9.53 Å². The SMILES string of the molecule is O=C(NCc1ccnc(N2CCOCC2)c1)c1ccc(CSc2nc3ccccc3s2)cc1. The number of nitrogens with one attached hydrogen (secondary N) is 1. The average Bonchev–Trinajstić information content (AvgIpc) is 3.30. The number of hydrogen-bond acceptors (Lipinski definition) is 7. The van der Waals surface area contributed by atoms with Crippen LogP contribution in [0.2, 0.25) is 0 Å². The monoisotopic (exact) mass is 476 g/mol. The van der Waals surface area contributed by atoms with Crippen LogP contribution in [0, 0.1) is 0 Å². The van der Waals surface area contributed by atoms with Crippen molar-refractivity contribution in [3.8, 4) is 0 Å². The van der Waals surface area contributed by atoms with Crippen LogP contribution in [0.1, 0.15) is 21.5 Å². The van der Waals surface area contributed by atoms with E-state index in [0.717, 1.165) is 53.3 Å². The highest BCUT2D eigenvalue weighted by Crippen LogP contribution is 2.31. The molecule has 3 heterocycles. The molecule has 33 heavy (non-hydrogen) atoms. The quantitative estimate of drug-likeness (QED) is 0.388. The number of hydrogen-bond donors (Lipinski definition) is 1. The molecule has 1 amide bonds. The number of benzene rings is 2. The van der Waals surface area contributed by atoms with Gasteiger partial charge >= 0.3 is 0 Å². The van der Waals surface area contributed by atoms with Gasteiger partial charge in [0.25, 0.3) is 5.91 Å². The molecule has 2 aromatic carbocycles. The Morgan fingerprint density at radius 2 is 1.88 bits per heavy atom. The number of aromatic nitrogens is 2. The van der Waals surface area contributed by atoms with E-state index in [4.69, 9.17) is 4.74 Å². The average molecular weight is 477 g/mol. The number of pyridine rings is 1. The number of thioether (sulfide) groups is 1. The molecule has 0 bridgehead atoms. The molecule has 0 radical (unpaired) electrons. The van der Waals surface area contributed by atoms with Gasteiger partial charge in [-0.15, -0.1) is 11.3 Å². The molecule has 4 aromatic rings. The van der Waals surface area contributed by atoms with Crippen molar-refractivity contribution in [1.82, 2.24) is 15.3 Å². The van der Waals surface area contributed by atoms with Gasteiger partial charge in [-0.3, -0.25) is 4.79 Å². The maximum atomic E-state index is 12.6. The van der Waals surface area contributed by atoms with Crippen LogP contribution in [0.3, 0.4) is 0 Å². The topological polar surface area (TPSA) is 67.4 Å². The summed E-state index contributed by atoms with van der Waals surface area (Å²) in [4.78, 5) is 24.0. The van der Waals surface area contributed by atoms with Crippen molar-refractivity contribution >= 4 is 45.0 Å². The van der Waals surface area contributed by atoms with Gasteiger partial charge in [0.05, 0.1) is 23.4 Å². The third kappa shape index (κ3) is 5.52. The zero-order valence-electron chi connectivity index (χ0n) is 18.1. The van der Waals surface area contributed by atoms with Gasteiger partial charge in [-0.05, 0) is 47.5 Å². The normalized spacial score (nSPS) is 13.9. The molecule has 1 aliphatic heterocycles. The zero-order chi connectivity index (χ0) is 22.5. The van der Waals surface area contributed by atoms with E-state index in [9.17, 15) is 4.79 Å². The van der Waals surface area contributed by atoms with Crippen LogP contribution in [-0.2, 0) is 17.0 Å². The largest absolute Gasteiger partial charge is 0.378 e. The standard InChI is InChI=1S/C25H24N4O2S2/c30-24(27-16-19-9-10-26-23(15-19)29-11-13-31-14-12-29)20-7-5-18(6-8-20)17-32-25-28-21-3-1-2-4-22(21)33-25/h1-10,15H,11-14,16-17H2,(H,27,30). The number of amides is 1. The van der Waals surface area contributed by atoms with Gasteiger partial charge in [-0.2, -0.15) is 0 Å². The molecular weight excluding hydrogens is 452 g/mol. The molecule has 0 atom stereocenters. The van der Waals surface area contributed by atoms with Crippen LogP contribution in [0.15, 0.2) is 71.2 Å². The van der Waals surface area contributed by atoms with Gasteiger partial charge in [-0.25, -0.2) is 9.97 Å². The Balaban J connectivity index is 1.14. The highest BCUT2D eigenvalue weighted by molar-refractivity contribution is 8.00. The molecule has 1 saturated heterocycles. The predicted octanol–water partition coefficient (Wildman–Crippen LogP) is 4.75. The number of thiazole rings is 1. The van der Waals surface area contributed by atoms with E-state index in [1.165, 1.54) is 10.3 Å². The highest BCUT2D eigenvalue weighted by atomic mass is 32.2. The van der Waals surface area contributed by atoms with Gasteiger partial charge in [0.1, 0.15) is 5.82 Å². The number of anilines is 1. The molecule has 1 fully saturated rings. The summed E-state index contributed by atoms with van der Waals surface area (Å²) < 4.78 is 7.68. The number of nitrogens with zero attached hydrogens (tertiary/aromatic N) is 3. The fourth-order valence-electron chi connectivity index (χ4n) is 3.63. The Kier molecular flexibility index (Phi) is 6.85. The Morgan fingerprint density at radius 1 is 1.06 bits per heavy atom.